The summed E-state index contributed by atoms with van der Waals surface area (Å²) in [6.07, 6.45) is 1.44. The van der Waals surface area contributed by atoms with Crippen LogP contribution in [0, 0.1) is 6.92 Å². The number of H-pyrrole nitrogens is 1. The van der Waals surface area contributed by atoms with Crippen molar-refractivity contribution in [3.05, 3.63) is 81.2 Å². The number of aromatic nitrogens is 4. The Hall–Kier alpha value is -2.90. The fourth-order valence-electron chi connectivity index (χ4n) is 2.76. The van der Waals surface area contributed by atoms with Gasteiger partial charge in [-0.15, -0.1) is 0 Å². The lowest BCUT2D eigenvalue weighted by Gasteiger charge is -2.12. The maximum Gasteiger partial charge on any atom is 0.269 e. The normalized spacial score (nSPS) is 11.1. The van der Waals surface area contributed by atoms with E-state index in [0.29, 0.717) is 32.5 Å². The monoisotopic (exact) mass is 410 g/mol. The number of Topliss-reactive ketones (excluding diaryl/α,β-unsaturated/α-hetero) is 1. The molecule has 140 valence electrons. The third-order valence-corrected chi connectivity index (χ3v) is 5.64. The average molecular weight is 411 g/mol. The van der Waals surface area contributed by atoms with Crippen molar-refractivity contribution in [3.8, 4) is 5.69 Å². The fraction of sp³-hybridized carbons (Fsp3) is 0.100. The summed E-state index contributed by atoms with van der Waals surface area (Å²) in [5.74, 6) is 0.105. The van der Waals surface area contributed by atoms with Gasteiger partial charge in [-0.25, -0.2) is 4.98 Å². The summed E-state index contributed by atoms with van der Waals surface area (Å²) in [4.78, 5) is 30.0. The molecule has 6 nitrogen and oxygen atoms in total. The van der Waals surface area contributed by atoms with Crippen molar-refractivity contribution in [2.45, 2.75) is 12.1 Å². The number of fused-ring (bicyclic) bond motifs is 1. The van der Waals surface area contributed by atoms with Crippen LogP contribution >= 0.6 is 23.4 Å². The Morgan fingerprint density at radius 3 is 2.75 bits per heavy atom. The summed E-state index contributed by atoms with van der Waals surface area (Å²) in [7, 11) is 0. The Morgan fingerprint density at radius 2 is 2.00 bits per heavy atom. The van der Waals surface area contributed by atoms with Crippen molar-refractivity contribution in [3.63, 3.8) is 0 Å². The lowest BCUT2D eigenvalue weighted by Crippen LogP contribution is -2.22. The first-order chi connectivity index (χ1) is 13.5. The maximum atomic E-state index is 13.0. The summed E-state index contributed by atoms with van der Waals surface area (Å²) in [5, 5.41) is 7.94. The molecule has 28 heavy (non-hydrogen) atoms. The quantitative estimate of drug-likeness (QED) is 0.305. The Labute approximate surface area is 169 Å². The second-order valence-electron chi connectivity index (χ2n) is 6.18. The number of halogens is 1. The van der Waals surface area contributed by atoms with Gasteiger partial charge >= 0.3 is 0 Å². The molecule has 1 N–H and O–H groups in total. The lowest BCUT2D eigenvalue weighted by molar-refractivity contribution is 0.102. The number of nitrogens with one attached hydrogen (secondary N) is 1. The van der Waals surface area contributed by atoms with E-state index in [2.05, 4.69) is 15.2 Å². The number of nitrogens with zero attached hydrogens (tertiary/aromatic N) is 3. The van der Waals surface area contributed by atoms with Crippen molar-refractivity contribution < 1.29 is 4.79 Å². The molecule has 2 heterocycles. The van der Waals surface area contributed by atoms with Crippen LogP contribution in [0.5, 0.6) is 0 Å². The van der Waals surface area contributed by atoms with Gasteiger partial charge in [0.1, 0.15) is 5.39 Å². The topological polar surface area (TPSA) is 80.6 Å². The van der Waals surface area contributed by atoms with Crippen LogP contribution in [0.15, 0.2) is 64.7 Å². The van der Waals surface area contributed by atoms with Crippen LogP contribution in [0.3, 0.4) is 0 Å². The first-order valence-electron chi connectivity index (χ1n) is 8.48. The van der Waals surface area contributed by atoms with E-state index in [0.717, 1.165) is 5.56 Å². The molecule has 0 fully saturated rings. The third kappa shape index (κ3) is 3.46. The standard InChI is InChI=1S/C20H15ClN4O2S/c1-12-7-8-14(9-16(12)21)25-19(27)15-10-22-24-18(15)23-20(25)28-11-17(26)13-5-3-2-4-6-13/h2-10H,11H2,1H3,(H,22,24). The SMILES string of the molecule is Cc1ccc(-n2c(SCC(=O)c3ccccc3)nc3[nH]ncc3c2=O)cc1Cl. The summed E-state index contributed by atoms with van der Waals surface area (Å²) in [6, 6.07) is 14.4. The third-order valence-electron chi connectivity index (χ3n) is 4.29. The van der Waals surface area contributed by atoms with Gasteiger partial charge in [-0.05, 0) is 24.6 Å². The Balaban J connectivity index is 1.77. The number of aromatic amines is 1. The highest BCUT2D eigenvalue weighted by Crippen LogP contribution is 2.24. The van der Waals surface area contributed by atoms with Crippen LogP contribution in [0.4, 0.5) is 0 Å². The maximum absolute atomic E-state index is 13.0. The highest BCUT2D eigenvalue weighted by atomic mass is 35.5. The first kappa shape index (κ1) is 18.5. The number of carbonyl (C=O) groups excluding carboxylic acids is 1. The smallest absolute Gasteiger partial charge is 0.269 e. The molecule has 0 aliphatic carbocycles. The van der Waals surface area contributed by atoms with E-state index in [9.17, 15) is 9.59 Å². The molecule has 8 heteroatoms. The van der Waals surface area contributed by atoms with Crippen LogP contribution < -0.4 is 5.56 Å². The minimum atomic E-state index is -0.270. The fourth-order valence-corrected chi connectivity index (χ4v) is 3.83. The van der Waals surface area contributed by atoms with Gasteiger partial charge in [0.15, 0.2) is 16.6 Å². The van der Waals surface area contributed by atoms with Crippen molar-refractivity contribution in [2.24, 2.45) is 0 Å². The van der Waals surface area contributed by atoms with E-state index in [4.69, 9.17) is 11.6 Å². The summed E-state index contributed by atoms with van der Waals surface area (Å²) in [6.45, 7) is 1.89. The summed E-state index contributed by atoms with van der Waals surface area (Å²) in [5.41, 5.74) is 2.22. The van der Waals surface area contributed by atoms with Gasteiger partial charge in [0.2, 0.25) is 0 Å². The van der Waals surface area contributed by atoms with Gasteiger partial charge < -0.3 is 0 Å². The van der Waals surface area contributed by atoms with Crippen molar-refractivity contribution in [1.29, 1.82) is 0 Å². The molecule has 2 aromatic carbocycles. The van der Waals surface area contributed by atoms with Gasteiger partial charge in [0, 0.05) is 10.6 Å². The number of aryl methyl sites for hydroxylation is 1. The molecule has 0 radical (unpaired) electrons. The number of rotatable bonds is 5. The number of carbonyl (C=O) groups is 1. The highest BCUT2D eigenvalue weighted by molar-refractivity contribution is 7.99. The van der Waals surface area contributed by atoms with Crippen molar-refractivity contribution >= 4 is 40.2 Å². The van der Waals surface area contributed by atoms with Crippen LogP contribution in [0.25, 0.3) is 16.7 Å². The van der Waals surface area contributed by atoms with E-state index in [1.165, 1.54) is 22.5 Å². The van der Waals surface area contributed by atoms with Gasteiger partial charge in [0.05, 0.1) is 17.6 Å². The molecule has 0 bridgehead atoms. The number of ketones is 1. The largest absolute Gasteiger partial charge is 0.293 e. The molecule has 0 spiro atoms. The Kier molecular flexibility index (Phi) is 5.02. The van der Waals surface area contributed by atoms with E-state index >= 15 is 0 Å². The molecule has 0 unspecified atom stereocenters. The van der Waals surface area contributed by atoms with Crippen molar-refractivity contribution in [1.82, 2.24) is 19.7 Å². The number of hydrogen-bond acceptors (Lipinski definition) is 5. The first-order valence-corrected chi connectivity index (χ1v) is 9.84. The lowest BCUT2D eigenvalue weighted by atomic mass is 10.2. The van der Waals surface area contributed by atoms with Crippen molar-refractivity contribution in [2.75, 3.05) is 5.75 Å². The van der Waals surface area contributed by atoms with Crippen LogP contribution in [-0.4, -0.2) is 31.3 Å². The molecule has 0 aliphatic rings. The van der Waals surface area contributed by atoms with Gasteiger partial charge in [-0.2, -0.15) is 5.10 Å². The van der Waals surface area contributed by atoms with E-state index < -0.39 is 0 Å². The van der Waals surface area contributed by atoms with Crippen LogP contribution in [0.1, 0.15) is 15.9 Å². The number of thioether (sulfide) groups is 1. The van der Waals surface area contributed by atoms with Crippen LogP contribution in [-0.2, 0) is 0 Å². The van der Waals surface area contributed by atoms with E-state index in [-0.39, 0.29) is 17.1 Å². The van der Waals surface area contributed by atoms with Crippen LogP contribution in [0.2, 0.25) is 5.02 Å². The Morgan fingerprint density at radius 1 is 1.21 bits per heavy atom. The molecular formula is C20H15ClN4O2S. The molecule has 0 aliphatic heterocycles. The summed E-state index contributed by atoms with van der Waals surface area (Å²) < 4.78 is 1.46. The Bertz CT molecular complexity index is 1230. The highest BCUT2D eigenvalue weighted by Gasteiger charge is 2.17. The zero-order valence-corrected chi connectivity index (χ0v) is 16.4. The molecule has 4 aromatic rings. The predicted octanol–water partition coefficient (Wildman–Crippen LogP) is 4.05. The van der Waals surface area contributed by atoms with Gasteiger partial charge in [-0.3, -0.25) is 19.3 Å². The van der Waals surface area contributed by atoms with E-state index in [1.807, 2.05) is 31.2 Å². The zero-order valence-electron chi connectivity index (χ0n) is 14.8. The predicted molar refractivity (Wildman–Crippen MR) is 111 cm³/mol. The second kappa shape index (κ2) is 7.61. The molecule has 0 atom stereocenters. The number of benzene rings is 2. The second-order valence-corrected chi connectivity index (χ2v) is 7.53. The molecule has 2 aromatic heterocycles. The molecule has 0 saturated heterocycles. The van der Waals surface area contributed by atoms with Gasteiger partial charge in [-0.1, -0.05) is 59.8 Å². The average Bonchev–Trinajstić information content (AvgIpc) is 3.18. The summed E-state index contributed by atoms with van der Waals surface area (Å²) >= 11 is 7.46. The minimum Gasteiger partial charge on any atom is -0.293 e. The molecule has 0 amide bonds. The molecule has 0 saturated carbocycles. The number of hydrogen-bond donors (Lipinski definition) is 1. The zero-order chi connectivity index (χ0) is 19.7. The molecule has 4 rings (SSSR count). The molecular weight excluding hydrogens is 396 g/mol. The minimum absolute atomic E-state index is 0.0435. The van der Waals surface area contributed by atoms with E-state index in [1.54, 1.807) is 24.3 Å². The van der Waals surface area contributed by atoms with Gasteiger partial charge in [0.25, 0.3) is 5.56 Å².